The lowest BCUT2D eigenvalue weighted by atomic mass is 10.2. The predicted molar refractivity (Wildman–Crippen MR) is 34.2 cm³/mol. The molecule has 0 heterocycles. The summed E-state index contributed by atoms with van der Waals surface area (Å²) in [4.78, 5) is 0. The molecule has 0 fully saturated rings. The van der Waals surface area contributed by atoms with Crippen molar-refractivity contribution in [3.63, 3.8) is 0 Å². The fraction of sp³-hybridized carbons (Fsp3) is 0.714. The molecule has 0 aliphatic rings. The molecule has 0 aromatic rings. The van der Waals surface area contributed by atoms with Crippen LogP contribution in [0, 0.1) is 0 Å². The molecule has 0 N–H and O–H groups in total. The van der Waals surface area contributed by atoms with Crippen LogP contribution in [0.4, 0.5) is 0 Å². The van der Waals surface area contributed by atoms with E-state index in [9.17, 15) is 5.11 Å². The van der Waals surface area contributed by atoms with Gasteiger partial charge in [-0.2, -0.15) is 0 Å². The van der Waals surface area contributed by atoms with Gasteiger partial charge in [0.05, 0.1) is 0 Å². The van der Waals surface area contributed by atoms with Crippen LogP contribution in [0.1, 0.15) is 26.7 Å². The topological polar surface area (TPSA) is 19.9 Å². The Labute approximate surface area is 51.0 Å². The average molecular weight is 113 g/mol. The van der Waals surface area contributed by atoms with Gasteiger partial charge in [0, 0.05) is 0 Å². The Morgan fingerprint density at radius 1 is 1.62 bits per heavy atom. The van der Waals surface area contributed by atoms with E-state index in [-0.39, 0.29) is 6.61 Å². The van der Waals surface area contributed by atoms with E-state index in [1.54, 1.807) is 0 Å². The molecule has 0 aromatic heterocycles. The molecule has 1 heteroatoms. The second-order valence-corrected chi connectivity index (χ2v) is 1.98. The van der Waals surface area contributed by atoms with Gasteiger partial charge in [-0.25, -0.2) is 5.11 Å². The van der Waals surface area contributed by atoms with Crippen LogP contribution in [0.15, 0.2) is 11.6 Å². The van der Waals surface area contributed by atoms with Crippen LogP contribution in [-0.2, 0) is 5.11 Å². The average Bonchev–Trinajstić information content (AvgIpc) is 1.83. The minimum absolute atomic E-state index is 0.0417. The molecule has 0 unspecified atom stereocenters. The Balaban J connectivity index is 3.26. The fourth-order valence-electron chi connectivity index (χ4n) is 0.450. The molecule has 0 amide bonds. The molecular formula is C7H13O. The molecule has 0 bridgehead atoms. The van der Waals surface area contributed by atoms with Crippen molar-refractivity contribution >= 4 is 0 Å². The molecule has 0 saturated heterocycles. The molecule has 0 atom stereocenters. The lowest BCUT2D eigenvalue weighted by Gasteiger charge is -1.89. The molecule has 47 valence electrons. The van der Waals surface area contributed by atoms with Gasteiger partial charge < -0.3 is 0 Å². The van der Waals surface area contributed by atoms with E-state index in [2.05, 4.69) is 6.92 Å². The predicted octanol–water partition coefficient (Wildman–Crippen LogP) is 2.16. The molecular weight excluding hydrogens is 100 g/mol. The van der Waals surface area contributed by atoms with Gasteiger partial charge in [-0.15, -0.1) is 0 Å². The van der Waals surface area contributed by atoms with Gasteiger partial charge in [-0.05, 0) is 18.9 Å². The highest BCUT2D eigenvalue weighted by Crippen LogP contribution is 1.95. The fourth-order valence-corrected chi connectivity index (χ4v) is 0.450. The number of hydrogen-bond acceptors (Lipinski definition) is 0. The summed E-state index contributed by atoms with van der Waals surface area (Å²) in [6, 6.07) is 0. The van der Waals surface area contributed by atoms with Crippen molar-refractivity contribution < 1.29 is 5.11 Å². The molecule has 0 aliphatic heterocycles. The minimum atomic E-state index is -0.0417. The lowest BCUT2D eigenvalue weighted by Crippen LogP contribution is -1.80. The zero-order valence-electron chi connectivity index (χ0n) is 5.61. The summed E-state index contributed by atoms with van der Waals surface area (Å²) in [5.74, 6) is 0. The normalized spacial score (nSPS) is 12.1. The molecule has 0 aliphatic carbocycles. The highest BCUT2D eigenvalue weighted by molar-refractivity contribution is 4.96. The molecule has 0 spiro atoms. The van der Waals surface area contributed by atoms with E-state index in [1.165, 1.54) is 0 Å². The monoisotopic (exact) mass is 113 g/mol. The van der Waals surface area contributed by atoms with Gasteiger partial charge in [0.25, 0.3) is 0 Å². The zero-order valence-corrected chi connectivity index (χ0v) is 5.61. The molecule has 0 saturated carbocycles. The number of rotatable bonds is 3. The standard InChI is InChI=1S/C7H13O/c1-3-4-5-7(2)6-8/h5H,3-4,6H2,1-2H3. The van der Waals surface area contributed by atoms with Crippen LogP contribution in [0.25, 0.3) is 0 Å². The third kappa shape index (κ3) is 3.88. The Hall–Kier alpha value is -0.300. The van der Waals surface area contributed by atoms with Gasteiger partial charge in [-0.1, -0.05) is 19.4 Å². The lowest BCUT2D eigenvalue weighted by molar-refractivity contribution is 0.223. The van der Waals surface area contributed by atoms with Crippen molar-refractivity contribution in [1.82, 2.24) is 0 Å². The summed E-state index contributed by atoms with van der Waals surface area (Å²) in [5.41, 5.74) is 0.965. The van der Waals surface area contributed by atoms with Crippen LogP contribution < -0.4 is 0 Å². The molecule has 8 heavy (non-hydrogen) atoms. The van der Waals surface area contributed by atoms with Crippen LogP contribution in [0.5, 0.6) is 0 Å². The summed E-state index contributed by atoms with van der Waals surface area (Å²) in [7, 11) is 0. The highest BCUT2D eigenvalue weighted by Gasteiger charge is 1.82. The van der Waals surface area contributed by atoms with E-state index in [1.807, 2.05) is 13.0 Å². The minimum Gasteiger partial charge on any atom is -0.232 e. The second kappa shape index (κ2) is 4.85. The van der Waals surface area contributed by atoms with Crippen LogP contribution >= 0.6 is 0 Å². The quantitative estimate of drug-likeness (QED) is 0.500. The SMILES string of the molecule is CCCC=C(C)C[O]. The summed E-state index contributed by atoms with van der Waals surface area (Å²) < 4.78 is 0. The first-order chi connectivity index (χ1) is 3.81. The van der Waals surface area contributed by atoms with Crippen LogP contribution in [0.3, 0.4) is 0 Å². The van der Waals surface area contributed by atoms with Crippen molar-refractivity contribution in [2.75, 3.05) is 6.61 Å². The molecule has 0 rings (SSSR count). The summed E-state index contributed by atoms with van der Waals surface area (Å²) in [5, 5.41) is 10.1. The van der Waals surface area contributed by atoms with E-state index in [0.29, 0.717) is 0 Å². The highest BCUT2D eigenvalue weighted by atomic mass is 16.3. The number of allylic oxidation sites excluding steroid dienone is 1. The third-order valence-corrected chi connectivity index (χ3v) is 1.01. The maximum Gasteiger partial charge on any atom is 0.103 e. The van der Waals surface area contributed by atoms with E-state index < -0.39 is 0 Å². The van der Waals surface area contributed by atoms with E-state index in [4.69, 9.17) is 0 Å². The van der Waals surface area contributed by atoms with Crippen molar-refractivity contribution in [3.8, 4) is 0 Å². The smallest absolute Gasteiger partial charge is 0.103 e. The molecule has 0 aromatic carbocycles. The first-order valence-corrected chi connectivity index (χ1v) is 3.05. The first-order valence-electron chi connectivity index (χ1n) is 3.05. The van der Waals surface area contributed by atoms with Gasteiger partial charge in [0.1, 0.15) is 6.61 Å². The van der Waals surface area contributed by atoms with Crippen molar-refractivity contribution in [2.24, 2.45) is 0 Å². The summed E-state index contributed by atoms with van der Waals surface area (Å²) in [6.45, 7) is 3.94. The largest absolute Gasteiger partial charge is 0.232 e. The van der Waals surface area contributed by atoms with Crippen LogP contribution in [0.2, 0.25) is 0 Å². The Bertz CT molecular complexity index is 74.5. The van der Waals surface area contributed by atoms with E-state index >= 15 is 0 Å². The molecule has 1 nitrogen and oxygen atoms in total. The third-order valence-electron chi connectivity index (χ3n) is 1.01. The van der Waals surface area contributed by atoms with Gasteiger partial charge in [0.15, 0.2) is 0 Å². The maximum atomic E-state index is 10.1. The van der Waals surface area contributed by atoms with Gasteiger partial charge >= 0.3 is 0 Å². The Morgan fingerprint density at radius 3 is 2.62 bits per heavy atom. The van der Waals surface area contributed by atoms with Crippen LogP contribution in [-0.4, -0.2) is 6.61 Å². The Morgan fingerprint density at radius 2 is 2.25 bits per heavy atom. The van der Waals surface area contributed by atoms with Crippen molar-refractivity contribution in [3.05, 3.63) is 11.6 Å². The summed E-state index contributed by atoms with van der Waals surface area (Å²) in [6.07, 6.45) is 4.19. The number of hydrogen-bond donors (Lipinski definition) is 0. The summed E-state index contributed by atoms with van der Waals surface area (Å²) >= 11 is 0. The molecule has 1 radical (unpaired) electrons. The van der Waals surface area contributed by atoms with Crippen molar-refractivity contribution in [1.29, 1.82) is 0 Å². The maximum absolute atomic E-state index is 10.1. The zero-order chi connectivity index (χ0) is 6.41. The van der Waals surface area contributed by atoms with Gasteiger partial charge in [-0.3, -0.25) is 0 Å². The first kappa shape index (κ1) is 7.70. The number of unbranched alkanes of at least 4 members (excludes halogenated alkanes) is 1. The van der Waals surface area contributed by atoms with E-state index in [0.717, 1.165) is 18.4 Å². The van der Waals surface area contributed by atoms with Crippen molar-refractivity contribution in [2.45, 2.75) is 26.7 Å². The Kier molecular flexibility index (Phi) is 4.67. The second-order valence-electron chi connectivity index (χ2n) is 1.98. The van der Waals surface area contributed by atoms with Gasteiger partial charge in [0.2, 0.25) is 0 Å².